The molecule has 194 valence electrons. The van der Waals surface area contributed by atoms with E-state index in [4.69, 9.17) is 4.99 Å². The van der Waals surface area contributed by atoms with Gasteiger partial charge >= 0.3 is 0 Å². The third kappa shape index (κ3) is 8.80. The highest BCUT2D eigenvalue weighted by atomic mass is 15.3. The maximum Gasteiger partial charge on any atom is 0.196 e. The number of aliphatic imine (C=N–C) groups is 2. The summed E-state index contributed by atoms with van der Waals surface area (Å²) in [5.74, 6) is 0.889. The Labute approximate surface area is 218 Å². The predicted molar refractivity (Wildman–Crippen MR) is 158 cm³/mol. The number of nitrogens with zero attached hydrogens (tertiary/aromatic N) is 2. The van der Waals surface area contributed by atoms with Crippen LogP contribution in [0.3, 0.4) is 0 Å². The van der Waals surface area contributed by atoms with Gasteiger partial charge in [0, 0.05) is 11.4 Å². The first-order valence-electron chi connectivity index (χ1n) is 13.3. The zero-order valence-corrected chi connectivity index (χ0v) is 23.1. The van der Waals surface area contributed by atoms with Gasteiger partial charge in [0.1, 0.15) is 0 Å². The van der Waals surface area contributed by atoms with Crippen LogP contribution < -0.4 is 16.0 Å². The second kappa shape index (κ2) is 15.7. The third-order valence-electron chi connectivity index (χ3n) is 6.02. The van der Waals surface area contributed by atoms with Gasteiger partial charge in [0.05, 0.1) is 12.1 Å². The van der Waals surface area contributed by atoms with E-state index in [0.29, 0.717) is 6.04 Å². The molecule has 2 aromatic rings. The van der Waals surface area contributed by atoms with Crippen molar-refractivity contribution in [3.05, 3.63) is 88.6 Å². The highest BCUT2D eigenvalue weighted by Crippen LogP contribution is 2.36. The number of nitrogens with one attached hydrogen (secondary N) is 3. The van der Waals surface area contributed by atoms with Crippen LogP contribution in [-0.4, -0.2) is 31.8 Å². The highest BCUT2D eigenvalue weighted by molar-refractivity contribution is 5.95. The summed E-state index contributed by atoms with van der Waals surface area (Å²) in [5.41, 5.74) is 7.56. The summed E-state index contributed by atoms with van der Waals surface area (Å²) in [4.78, 5) is 8.70. The van der Waals surface area contributed by atoms with E-state index in [1.54, 1.807) is 0 Å². The number of benzene rings is 2. The molecule has 0 aromatic heterocycles. The van der Waals surface area contributed by atoms with Crippen molar-refractivity contribution in [1.82, 2.24) is 10.6 Å². The van der Waals surface area contributed by atoms with Crippen LogP contribution in [0.15, 0.2) is 81.9 Å². The van der Waals surface area contributed by atoms with Crippen molar-refractivity contribution in [3.8, 4) is 0 Å². The van der Waals surface area contributed by atoms with Crippen LogP contribution in [0, 0.1) is 0 Å². The number of anilines is 1. The first-order valence-corrected chi connectivity index (χ1v) is 13.3. The van der Waals surface area contributed by atoms with Gasteiger partial charge in [-0.2, -0.15) is 0 Å². The molecule has 0 spiro atoms. The third-order valence-corrected chi connectivity index (χ3v) is 6.02. The van der Waals surface area contributed by atoms with Crippen LogP contribution in [0.5, 0.6) is 0 Å². The lowest BCUT2D eigenvalue weighted by Gasteiger charge is -2.11. The smallest absolute Gasteiger partial charge is 0.196 e. The van der Waals surface area contributed by atoms with Crippen molar-refractivity contribution in [1.29, 1.82) is 0 Å². The maximum absolute atomic E-state index is 4.85. The molecule has 2 atom stereocenters. The second-order valence-electron chi connectivity index (χ2n) is 8.92. The molecule has 2 aromatic carbocycles. The maximum atomic E-state index is 4.85. The van der Waals surface area contributed by atoms with Crippen molar-refractivity contribution in [2.24, 2.45) is 9.98 Å². The summed E-state index contributed by atoms with van der Waals surface area (Å²) in [7, 11) is 0. The molecule has 0 saturated heterocycles. The largest absolute Gasteiger partial charge is 0.351 e. The van der Waals surface area contributed by atoms with Gasteiger partial charge in [-0.1, -0.05) is 75.7 Å². The molecule has 2 aliphatic rings. The molecule has 1 aliphatic heterocycles. The Morgan fingerprint density at radius 1 is 1.08 bits per heavy atom. The minimum Gasteiger partial charge on any atom is -0.351 e. The standard InChI is InChI=1S/C20H24N4.C9H15N.C2H6/c1-2-21-12-11-14-7-9-16(10-8-14)22-20-23-18-13-15-5-3-4-6-17(15)19(18)24-20;1-5-9(10-4)7-6-8(2)3;1-2/h3-10,18-19,21H,2,11-13H2,1H3,(H2,22,23,24);6-7H,4-5H2,1-3H3;1-2H3/b;9-7+;. The number of hydrogen-bond donors (Lipinski definition) is 3. The molecular formula is C31H45N5. The summed E-state index contributed by atoms with van der Waals surface area (Å²) < 4.78 is 0. The Balaban J connectivity index is 0.000000324. The Hall–Kier alpha value is -3.18. The fourth-order valence-electron chi connectivity index (χ4n) is 4.13. The topological polar surface area (TPSA) is 60.8 Å². The van der Waals surface area contributed by atoms with E-state index in [0.717, 1.165) is 49.7 Å². The Morgan fingerprint density at radius 2 is 1.81 bits per heavy atom. The van der Waals surface area contributed by atoms with Crippen LogP contribution in [-0.2, 0) is 12.8 Å². The van der Waals surface area contributed by atoms with E-state index >= 15 is 0 Å². The minimum absolute atomic E-state index is 0.253. The van der Waals surface area contributed by atoms with Gasteiger partial charge in [0.15, 0.2) is 5.96 Å². The average molecular weight is 488 g/mol. The lowest BCUT2D eigenvalue weighted by Crippen LogP contribution is -2.34. The van der Waals surface area contributed by atoms with E-state index < -0.39 is 0 Å². The molecule has 3 N–H and O–H groups in total. The van der Waals surface area contributed by atoms with Crippen LogP contribution in [0.4, 0.5) is 5.69 Å². The predicted octanol–water partition coefficient (Wildman–Crippen LogP) is 6.85. The molecule has 36 heavy (non-hydrogen) atoms. The number of hydrogen-bond acceptors (Lipinski definition) is 5. The summed E-state index contributed by atoms with van der Waals surface area (Å²) in [6.45, 7) is 17.8. The van der Waals surface area contributed by atoms with Crippen LogP contribution >= 0.6 is 0 Å². The van der Waals surface area contributed by atoms with Gasteiger partial charge in [-0.05, 0) is 87.8 Å². The SMILES string of the molecule is C=N/C(=C/C=C(C)C)CC.CC.CCNCCc1ccc(NC2=NC3c4ccccc4CC3N2)cc1. The van der Waals surface area contributed by atoms with Gasteiger partial charge in [-0.3, -0.25) is 4.99 Å². The molecule has 5 nitrogen and oxygen atoms in total. The fourth-order valence-corrected chi connectivity index (χ4v) is 4.13. The van der Waals surface area contributed by atoms with Gasteiger partial charge in [0.2, 0.25) is 0 Å². The quantitative estimate of drug-likeness (QED) is 0.217. The molecule has 0 bridgehead atoms. The molecule has 5 heteroatoms. The van der Waals surface area contributed by atoms with Crippen molar-refractivity contribution >= 4 is 18.4 Å². The monoisotopic (exact) mass is 487 g/mol. The lowest BCUT2D eigenvalue weighted by molar-refractivity contribution is 0.587. The normalized spacial score (nSPS) is 17.2. The van der Waals surface area contributed by atoms with Crippen LogP contribution in [0.2, 0.25) is 0 Å². The number of allylic oxidation sites excluding steroid dienone is 4. The van der Waals surface area contributed by atoms with Crippen molar-refractivity contribution in [2.75, 3.05) is 18.4 Å². The van der Waals surface area contributed by atoms with Crippen molar-refractivity contribution < 1.29 is 0 Å². The van der Waals surface area contributed by atoms with Crippen LogP contribution in [0.25, 0.3) is 0 Å². The number of fused-ring (bicyclic) bond motifs is 3. The Kier molecular flexibility index (Phi) is 12.7. The molecule has 0 amide bonds. The van der Waals surface area contributed by atoms with Gasteiger partial charge in [-0.25, -0.2) is 4.99 Å². The fraction of sp³-hybridized carbons (Fsp3) is 0.419. The zero-order chi connectivity index (χ0) is 26.3. The van der Waals surface area contributed by atoms with Gasteiger partial charge in [-0.15, -0.1) is 0 Å². The molecule has 0 saturated carbocycles. The molecular weight excluding hydrogens is 442 g/mol. The number of guanidine groups is 1. The Bertz CT molecular complexity index is 1030. The zero-order valence-electron chi connectivity index (χ0n) is 23.1. The van der Waals surface area contributed by atoms with E-state index in [1.165, 1.54) is 22.3 Å². The Morgan fingerprint density at radius 3 is 2.44 bits per heavy atom. The summed E-state index contributed by atoms with van der Waals surface area (Å²) in [6, 6.07) is 17.9. The van der Waals surface area contributed by atoms with Crippen molar-refractivity contribution in [3.63, 3.8) is 0 Å². The minimum atomic E-state index is 0.253. The summed E-state index contributed by atoms with van der Waals surface area (Å²) in [6.07, 6.45) is 7.12. The van der Waals surface area contributed by atoms with Gasteiger partial charge in [0.25, 0.3) is 0 Å². The highest BCUT2D eigenvalue weighted by Gasteiger charge is 2.36. The average Bonchev–Trinajstić information content (AvgIpc) is 3.44. The molecule has 2 unspecified atom stereocenters. The molecule has 4 rings (SSSR count). The number of rotatable bonds is 8. The molecule has 1 heterocycles. The number of likely N-dealkylation sites (N-methyl/N-ethyl adjacent to an activating group) is 1. The first-order chi connectivity index (χ1) is 17.5. The molecule has 0 fully saturated rings. The lowest BCUT2D eigenvalue weighted by atomic mass is 10.1. The molecule has 0 radical (unpaired) electrons. The second-order valence-corrected chi connectivity index (χ2v) is 8.92. The van der Waals surface area contributed by atoms with Gasteiger partial charge < -0.3 is 16.0 Å². The van der Waals surface area contributed by atoms with E-state index in [2.05, 4.69) is 104 Å². The van der Waals surface area contributed by atoms with E-state index in [9.17, 15) is 0 Å². The van der Waals surface area contributed by atoms with Crippen LogP contribution in [0.1, 0.15) is 70.7 Å². The van der Waals surface area contributed by atoms with E-state index in [1.807, 2.05) is 26.0 Å². The molecule has 1 aliphatic carbocycles. The summed E-state index contributed by atoms with van der Waals surface area (Å²) in [5, 5.41) is 10.3. The van der Waals surface area contributed by atoms with E-state index in [-0.39, 0.29) is 6.04 Å². The summed E-state index contributed by atoms with van der Waals surface area (Å²) >= 11 is 0. The first kappa shape index (κ1) is 29.1. The van der Waals surface area contributed by atoms with Crippen molar-refractivity contribution in [2.45, 2.75) is 72.9 Å².